The Morgan fingerprint density at radius 3 is 2.64 bits per heavy atom. The molecule has 2 rings (SSSR count). The number of aromatic nitrogens is 2. The van der Waals surface area contributed by atoms with E-state index in [1.165, 1.54) is 16.8 Å². The molecule has 5 nitrogen and oxygen atoms in total. The summed E-state index contributed by atoms with van der Waals surface area (Å²) in [6.45, 7) is 2.95. The van der Waals surface area contributed by atoms with E-state index >= 15 is 0 Å². The van der Waals surface area contributed by atoms with Gasteiger partial charge in [0.15, 0.2) is 0 Å². The van der Waals surface area contributed by atoms with Gasteiger partial charge in [0.05, 0.1) is 0 Å². The minimum Gasteiger partial charge on any atom is -0.350 e. The van der Waals surface area contributed by atoms with Crippen molar-refractivity contribution < 1.29 is 4.79 Å². The summed E-state index contributed by atoms with van der Waals surface area (Å²) < 4.78 is 1.31. The van der Waals surface area contributed by atoms with Crippen molar-refractivity contribution in [2.24, 2.45) is 0 Å². The zero-order valence-electron chi connectivity index (χ0n) is 12.4. The monoisotopic (exact) mass is 319 g/mol. The van der Waals surface area contributed by atoms with Crippen LogP contribution in [0, 0.1) is 0 Å². The molecule has 0 bridgehead atoms. The highest BCUT2D eigenvalue weighted by atomic mass is 35.5. The highest BCUT2D eigenvalue weighted by Crippen LogP contribution is 2.09. The molecule has 1 heterocycles. The van der Waals surface area contributed by atoms with Gasteiger partial charge in [-0.15, -0.1) is 0 Å². The number of hydrogen-bond acceptors (Lipinski definition) is 3. The molecule has 1 aromatic carbocycles. The van der Waals surface area contributed by atoms with Gasteiger partial charge in [-0.05, 0) is 36.6 Å². The maximum atomic E-state index is 12.0. The van der Waals surface area contributed by atoms with Crippen LogP contribution in [0.2, 0.25) is 5.02 Å². The van der Waals surface area contributed by atoms with Crippen LogP contribution in [-0.4, -0.2) is 22.2 Å². The van der Waals surface area contributed by atoms with E-state index in [0.29, 0.717) is 24.5 Å². The maximum absolute atomic E-state index is 12.0. The van der Waals surface area contributed by atoms with E-state index < -0.39 is 0 Å². The number of aryl methyl sites for hydroxylation is 1. The van der Waals surface area contributed by atoms with Gasteiger partial charge in [-0.25, -0.2) is 4.68 Å². The summed E-state index contributed by atoms with van der Waals surface area (Å²) in [6.07, 6.45) is 1.49. The molecular weight excluding hydrogens is 302 g/mol. The van der Waals surface area contributed by atoms with Crippen molar-refractivity contribution in [2.45, 2.75) is 26.3 Å². The zero-order chi connectivity index (χ0) is 15.9. The first-order valence-corrected chi connectivity index (χ1v) is 7.58. The van der Waals surface area contributed by atoms with E-state index in [9.17, 15) is 9.59 Å². The SMILES string of the molecule is CCCn1nc(C(=O)NCCc2ccc(Cl)cc2)ccc1=O. The Bertz CT molecular complexity index is 695. The van der Waals surface area contributed by atoms with E-state index in [1.54, 1.807) is 0 Å². The summed E-state index contributed by atoms with van der Waals surface area (Å²) in [5.41, 5.74) is 1.15. The lowest BCUT2D eigenvalue weighted by molar-refractivity contribution is 0.0946. The molecule has 6 heteroatoms. The molecule has 1 N–H and O–H groups in total. The predicted octanol–water partition coefficient (Wildman–Crippen LogP) is 2.28. The number of nitrogens with one attached hydrogen (secondary N) is 1. The first-order valence-electron chi connectivity index (χ1n) is 7.21. The van der Waals surface area contributed by atoms with Crippen molar-refractivity contribution >= 4 is 17.5 Å². The summed E-state index contributed by atoms with van der Waals surface area (Å²) in [6, 6.07) is 10.3. The molecule has 0 aliphatic heterocycles. The summed E-state index contributed by atoms with van der Waals surface area (Å²) in [5, 5.41) is 7.56. The van der Waals surface area contributed by atoms with Crippen molar-refractivity contribution in [1.82, 2.24) is 15.1 Å². The first kappa shape index (κ1) is 16.2. The molecule has 1 amide bonds. The van der Waals surface area contributed by atoms with Crippen molar-refractivity contribution in [2.75, 3.05) is 6.54 Å². The molecule has 2 aromatic rings. The molecular formula is C16H18ClN3O2. The molecule has 0 spiro atoms. The largest absolute Gasteiger partial charge is 0.350 e. The van der Waals surface area contributed by atoms with Crippen molar-refractivity contribution in [3.63, 3.8) is 0 Å². The normalized spacial score (nSPS) is 10.5. The quantitative estimate of drug-likeness (QED) is 0.888. The number of carbonyl (C=O) groups excluding carboxylic acids is 1. The lowest BCUT2D eigenvalue weighted by atomic mass is 10.1. The number of benzene rings is 1. The van der Waals surface area contributed by atoms with E-state index in [-0.39, 0.29) is 17.2 Å². The topological polar surface area (TPSA) is 64.0 Å². The van der Waals surface area contributed by atoms with Crippen LogP contribution in [0.25, 0.3) is 0 Å². The molecule has 0 saturated carbocycles. The Kier molecular flexibility index (Phi) is 5.72. The minimum absolute atomic E-state index is 0.195. The Hall–Kier alpha value is -2.14. The lowest BCUT2D eigenvalue weighted by Crippen LogP contribution is -2.30. The van der Waals surface area contributed by atoms with Gasteiger partial charge in [0.25, 0.3) is 11.5 Å². The Morgan fingerprint density at radius 2 is 1.95 bits per heavy atom. The average Bonchev–Trinajstić information content (AvgIpc) is 2.51. The van der Waals surface area contributed by atoms with Crippen LogP contribution >= 0.6 is 11.6 Å². The fourth-order valence-electron chi connectivity index (χ4n) is 2.00. The fourth-order valence-corrected chi connectivity index (χ4v) is 2.13. The van der Waals surface area contributed by atoms with Crippen LogP contribution in [0.1, 0.15) is 29.4 Å². The van der Waals surface area contributed by atoms with Gasteiger partial charge in [0.1, 0.15) is 5.69 Å². The number of rotatable bonds is 6. The molecule has 0 radical (unpaired) electrons. The van der Waals surface area contributed by atoms with Crippen LogP contribution in [0.3, 0.4) is 0 Å². The number of hydrogen-bond donors (Lipinski definition) is 1. The number of halogens is 1. The third-order valence-electron chi connectivity index (χ3n) is 3.15. The molecule has 0 aliphatic carbocycles. The highest BCUT2D eigenvalue weighted by Gasteiger charge is 2.08. The third-order valence-corrected chi connectivity index (χ3v) is 3.40. The van der Waals surface area contributed by atoms with Gasteiger partial charge in [-0.3, -0.25) is 9.59 Å². The molecule has 0 fully saturated rings. The maximum Gasteiger partial charge on any atom is 0.271 e. The summed E-state index contributed by atoms with van der Waals surface area (Å²) in [4.78, 5) is 23.6. The molecule has 22 heavy (non-hydrogen) atoms. The Balaban J connectivity index is 1.93. The zero-order valence-corrected chi connectivity index (χ0v) is 13.1. The second kappa shape index (κ2) is 7.75. The summed E-state index contributed by atoms with van der Waals surface area (Å²) >= 11 is 5.82. The molecule has 0 saturated heterocycles. The fraction of sp³-hybridized carbons (Fsp3) is 0.312. The number of carbonyl (C=O) groups is 1. The molecule has 0 atom stereocenters. The van der Waals surface area contributed by atoms with Crippen LogP contribution in [-0.2, 0) is 13.0 Å². The second-order valence-corrected chi connectivity index (χ2v) is 5.35. The molecule has 1 aromatic heterocycles. The Morgan fingerprint density at radius 1 is 1.23 bits per heavy atom. The van der Waals surface area contributed by atoms with Crippen molar-refractivity contribution in [3.8, 4) is 0 Å². The van der Waals surface area contributed by atoms with Crippen LogP contribution in [0.4, 0.5) is 0 Å². The second-order valence-electron chi connectivity index (χ2n) is 4.91. The first-order chi connectivity index (χ1) is 10.6. The van der Waals surface area contributed by atoms with Gasteiger partial charge < -0.3 is 5.32 Å². The van der Waals surface area contributed by atoms with Gasteiger partial charge in [-0.2, -0.15) is 5.10 Å². The molecule has 0 aliphatic rings. The van der Waals surface area contributed by atoms with Gasteiger partial charge in [-0.1, -0.05) is 30.7 Å². The van der Waals surface area contributed by atoms with Crippen molar-refractivity contribution in [3.05, 3.63) is 63.0 Å². The van der Waals surface area contributed by atoms with E-state index in [0.717, 1.165) is 12.0 Å². The van der Waals surface area contributed by atoms with Gasteiger partial charge in [0, 0.05) is 24.2 Å². The Labute approximate surface area is 133 Å². The minimum atomic E-state index is -0.279. The van der Waals surface area contributed by atoms with Gasteiger partial charge in [0.2, 0.25) is 0 Å². The number of amides is 1. The number of nitrogens with zero attached hydrogens (tertiary/aromatic N) is 2. The van der Waals surface area contributed by atoms with E-state index in [4.69, 9.17) is 11.6 Å². The summed E-state index contributed by atoms with van der Waals surface area (Å²) in [5.74, 6) is -0.279. The predicted molar refractivity (Wildman–Crippen MR) is 86.3 cm³/mol. The van der Waals surface area contributed by atoms with E-state index in [2.05, 4.69) is 10.4 Å². The van der Waals surface area contributed by atoms with E-state index in [1.807, 2.05) is 31.2 Å². The average molecular weight is 320 g/mol. The third kappa shape index (κ3) is 4.43. The summed E-state index contributed by atoms with van der Waals surface area (Å²) in [7, 11) is 0. The lowest BCUT2D eigenvalue weighted by Gasteiger charge is -2.07. The van der Waals surface area contributed by atoms with Crippen LogP contribution in [0.5, 0.6) is 0 Å². The standard InChI is InChI=1S/C16H18ClN3O2/c1-2-11-20-15(21)8-7-14(19-20)16(22)18-10-9-12-3-5-13(17)6-4-12/h3-8H,2,9-11H2,1H3,(H,18,22). The smallest absolute Gasteiger partial charge is 0.271 e. The van der Waals surface area contributed by atoms with Crippen LogP contribution < -0.4 is 10.9 Å². The van der Waals surface area contributed by atoms with Crippen molar-refractivity contribution in [1.29, 1.82) is 0 Å². The van der Waals surface area contributed by atoms with Gasteiger partial charge >= 0.3 is 0 Å². The highest BCUT2D eigenvalue weighted by molar-refractivity contribution is 6.30. The molecule has 116 valence electrons. The molecule has 0 unspecified atom stereocenters. The van der Waals surface area contributed by atoms with Crippen LogP contribution in [0.15, 0.2) is 41.2 Å².